The number of pyridine rings is 1. The van der Waals surface area contributed by atoms with E-state index in [0.717, 1.165) is 41.3 Å². The third-order valence-corrected chi connectivity index (χ3v) is 6.35. The highest BCUT2D eigenvalue weighted by molar-refractivity contribution is 6.13. The van der Waals surface area contributed by atoms with Crippen molar-refractivity contribution in [2.24, 2.45) is 0 Å². The summed E-state index contributed by atoms with van der Waals surface area (Å²) in [5, 5.41) is 10.9. The van der Waals surface area contributed by atoms with Gasteiger partial charge in [-0.2, -0.15) is 4.57 Å². The number of carboxylic acid groups (broad SMARTS) is 1. The van der Waals surface area contributed by atoms with E-state index in [9.17, 15) is 14.7 Å². The van der Waals surface area contributed by atoms with Crippen LogP contribution in [0.4, 0.5) is 0 Å². The number of carboxylic acids is 1. The Morgan fingerprint density at radius 2 is 1.62 bits per heavy atom. The van der Waals surface area contributed by atoms with Crippen molar-refractivity contribution < 1.29 is 28.7 Å². The second-order valence-corrected chi connectivity index (χ2v) is 9.51. The van der Waals surface area contributed by atoms with Crippen LogP contribution in [0, 0.1) is 13.8 Å². The third kappa shape index (κ3) is 5.42. The molecule has 37 heavy (non-hydrogen) atoms. The van der Waals surface area contributed by atoms with Crippen LogP contribution < -0.4 is 14.0 Å². The van der Waals surface area contributed by atoms with E-state index in [1.165, 1.54) is 12.1 Å². The van der Waals surface area contributed by atoms with E-state index in [1.54, 1.807) is 13.8 Å². The molecule has 0 aliphatic carbocycles. The summed E-state index contributed by atoms with van der Waals surface area (Å²) in [5.74, 6) is -0.466. The van der Waals surface area contributed by atoms with Crippen molar-refractivity contribution in [3.05, 3.63) is 76.9 Å². The average molecular weight is 502 g/mol. The zero-order valence-electron chi connectivity index (χ0n) is 22.0. The lowest BCUT2D eigenvalue weighted by Gasteiger charge is -2.15. The number of nitrogens with zero attached hydrogens (tertiary/aromatic N) is 2. The van der Waals surface area contributed by atoms with Crippen LogP contribution in [0.25, 0.3) is 21.8 Å². The van der Waals surface area contributed by atoms with Gasteiger partial charge in [-0.15, -0.1) is 0 Å². The van der Waals surface area contributed by atoms with Crippen LogP contribution in [-0.2, 0) is 6.54 Å². The van der Waals surface area contributed by atoms with Crippen LogP contribution in [0.15, 0.2) is 54.6 Å². The molecule has 0 amide bonds. The van der Waals surface area contributed by atoms with Gasteiger partial charge in [0.2, 0.25) is 11.0 Å². The summed E-state index contributed by atoms with van der Waals surface area (Å²) < 4.78 is 14.2. The van der Waals surface area contributed by atoms with Crippen LogP contribution in [0.3, 0.4) is 0 Å². The van der Waals surface area contributed by atoms with Gasteiger partial charge in [0.25, 0.3) is 0 Å². The van der Waals surface area contributed by atoms with Crippen LogP contribution in [0.5, 0.6) is 11.5 Å². The predicted octanol–water partition coefficient (Wildman–Crippen LogP) is 5.17. The Morgan fingerprint density at radius 3 is 2.27 bits per heavy atom. The molecule has 0 fully saturated rings. The molecule has 0 saturated carbocycles. The Morgan fingerprint density at radius 1 is 0.946 bits per heavy atom. The predicted molar refractivity (Wildman–Crippen MR) is 144 cm³/mol. The zero-order chi connectivity index (χ0) is 26.7. The number of carbonyl (C=O) groups excluding carboxylic acids is 1. The van der Waals surface area contributed by atoms with Crippen molar-refractivity contribution in [1.29, 1.82) is 0 Å². The Hall–Kier alpha value is -3.97. The van der Waals surface area contributed by atoms with Gasteiger partial charge in [0.05, 0.1) is 21.9 Å². The molecule has 1 heterocycles. The number of esters is 1. The maximum Gasteiger partial charge on any atom is 0.345 e. The number of aryl methyl sites for hydroxylation is 3. The van der Waals surface area contributed by atoms with Crippen LogP contribution >= 0.6 is 0 Å². The number of likely N-dealkylation sites (N-methyl/N-ethyl adjacent to an activating group) is 1. The van der Waals surface area contributed by atoms with Crippen LogP contribution in [-0.4, -0.2) is 49.2 Å². The van der Waals surface area contributed by atoms with Gasteiger partial charge in [-0.05, 0) is 69.4 Å². The minimum absolute atomic E-state index is 0.158. The largest absolute Gasteiger partial charge is 0.492 e. The third-order valence-electron chi connectivity index (χ3n) is 6.35. The summed E-state index contributed by atoms with van der Waals surface area (Å²) in [6.45, 7) is 7.70. The number of para-hydroxylation sites is 1. The number of benzene rings is 3. The first-order valence-corrected chi connectivity index (χ1v) is 12.4. The van der Waals surface area contributed by atoms with E-state index < -0.39 is 11.9 Å². The maximum atomic E-state index is 13.9. The standard InChI is InChI=1S/C30H32N2O5/c1-6-13-32-25-10-8-7-9-23(25)27(24-18-22(11-12-26(24)32)36-15-14-31(4)5)30(35)37-28-19(2)16-21(29(33)34)17-20(28)3/h7-12,16-18H,6,13-15H2,1-5H3/p+1. The molecule has 4 aromatic rings. The molecule has 1 aromatic heterocycles. The molecule has 0 aliphatic heterocycles. The second kappa shape index (κ2) is 11.0. The number of hydrogen-bond donors (Lipinski definition) is 1. The van der Waals surface area contributed by atoms with E-state index in [0.29, 0.717) is 34.8 Å². The highest BCUT2D eigenvalue weighted by Crippen LogP contribution is 2.31. The molecule has 0 unspecified atom stereocenters. The number of aromatic nitrogens is 1. The van der Waals surface area contributed by atoms with E-state index in [4.69, 9.17) is 9.47 Å². The summed E-state index contributed by atoms with van der Waals surface area (Å²) in [7, 11) is 3.98. The molecule has 1 N–H and O–H groups in total. The summed E-state index contributed by atoms with van der Waals surface area (Å²) in [6.07, 6.45) is 0.933. The topological polar surface area (TPSA) is 80.0 Å². The number of fused-ring (bicyclic) bond motifs is 2. The fourth-order valence-electron chi connectivity index (χ4n) is 4.64. The Bertz CT molecular complexity index is 1470. The normalized spacial score (nSPS) is 11.3. The molecule has 0 saturated heterocycles. The Balaban J connectivity index is 1.89. The SMILES string of the molecule is CCC[n+]1c2ccccc2c(C(=O)Oc2c(C)cc(C(=O)O)cc2C)c2cc(OCCN(C)C)ccc21. The van der Waals surface area contributed by atoms with Crippen molar-refractivity contribution in [1.82, 2.24) is 4.90 Å². The lowest BCUT2D eigenvalue weighted by atomic mass is 10.0. The Labute approximate surface area is 216 Å². The van der Waals surface area contributed by atoms with E-state index in [1.807, 2.05) is 61.5 Å². The lowest BCUT2D eigenvalue weighted by molar-refractivity contribution is -0.645. The monoisotopic (exact) mass is 501 g/mol. The molecule has 0 atom stereocenters. The molecule has 0 radical (unpaired) electrons. The molecular formula is C30H33N2O5+. The van der Waals surface area contributed by atoms with Crippen LogP contribution in [0.1, 0.15) is 45.2 Å². The fourth-order valence-corrected chi connectivity index (χ4v) is 4.64. The molecule has 4 rings (SSSR count). The molecule has 192 valence electrons. The average Bonchev–Trinajstić information content (AvgIpc) is 2.85. The van der Waals surface area contributed by atoms with Crippen molar-refractivity contribution in [2.75, 3.05) is 27.2 Å². The van der Waals surface area contributed by atoms with E-state index >= 15 is 0 Å². The number of ether oxygens (including phenoxy) is 2. The molecule has 0 aliphatic rings. The van der Waals surface area contributed by atoms with Crippen molar-refractivity contribution in [2.45, 2.75) is 33.7 Å². The smallest absolute Gasteiger partial charge is 0.345 e. The lowest BCUT2D eigenvalue weighted by Crippen LogP contribution is -2.36. The van der Waals surface area contributed by atoms with E-state index in [-0.39, 0.29) is 5.56 Å². The first-order valence-electron chi connectivity index (χ1n) is 12.4. The maximum absolute atomic E-state index is 13.9. The number of rotatable bonds is 9. The summed E-state index contributed by atoms with van der Waals surface area (Å²) in [6, 6.07) is 16.7. The fraction of sp³-hybridized carbons (Fsp3) is 0.300. The number of hydrogen-bond acceptors (Lipinski definition) is 5. The number of aromatic carboxylic acids is 1. The van der Waals surface area contributed by atoms with Gasteiger partial charge < -0.3 is 19.5 Å². The second-order valence-electron chi connectivity index (χ2n) is 9.51. The molecule has 7 heteroatoms. The minimum atomic E-state index is -1.02. The summed E-state index contributed by atoms with van der Waals surface area (Å²) in [4.78, 5) is 27.4. The molecule has 0 spiro atoms. The minimum Gasteiger partial charge on any atom is -0.492 e. The highest BCUT2D eigenvalue weighted by Gasteiger charge is 2.26. The number of carbonyl (C=O) groups is 2. The van der Waals surface area contributed by atoms with E-state index in [2.05, 4.69) is 11.5 Å². The van der Waals surface area contributed by atoms with Gasteiger partial charge in [0.15, 0.2) is 0 Å². The molecule has 7 nitrogen and oxygen atoms in total. The first kappa shape index (κ1) is 26.1. The van der Waals surface area contributed by atoms with Crippen molar-refractivity contribution in [3.63, 3.8) is 0 Å². The summed E-state index contributed by atoms with van der Waals surface area (Å²) >= 11 is 0. The highest BCUT2D eigenvalue weighted by atomic mass is 16.5. The first-order chi connectivity index (χ1) is 17.7. The van der Waals surface area contributed by atoms with Crippen molar-refractivity contribution >= 4 is 33.7 Å². The van der Waals surface area contributed by atoms with Gasteiger partial charge in [-0.25, -0.2) is 9.59 Å². The van der Waals surface area contributed by atoms with Gasteiger partial charge in [0.1, 0.15) is 24.7 Å². The van der Waals surface area contributed by atoms with Gasteiger partial charge >= 0.3 is 11.9 Å². The zero-order valence-corrected chi connectivity index (χ0v) is 22.0. The van der Waals surface area contributed by atoms with Gasteiger partial charge in [-0.1, -0.05) is 19.1 Å². The molecule has 0 bridgehead atoms. The van der Waals surface area contributed by atoms with Crippen molar-refractivity contribution in [3.8, 4) is 11.5 Å². The quantitative estimate of drug-likeness (QED) is 0.148. The molecular weight excluding hydrogens is 468 g/mol. The summed E-state index contributed by atoms with van der Waals surface area (Å²) in [5.41, 5.74) is 3.65. The Kier molecular flexibility index (Phi) is 7.74. The van der Waals surface area contributed by atoms with Gasteiger partial charge in [0, 0.05) is 25.1 Å². The van der Waals surface area contributed by atoms with Gasteiger partial charge in [-0.3, -0.25) is 0 Å². The molecule has 3 aromatic carbocycles. The van der Waals surface area contributed by atoms with Crippen LogP contribution in [0.2, 0.25) is 0 Å².